The van der Waals surface area contributed by atoms with Crippen molar-refractivity contribution in [2.75, 3.05) is 13.2 Å². The third-order valence-electron chi connectivity index (χ3n) is 3.28. The molecule has 2 N–H and O–H groups in total. The minimum absolute atomic E-state index is 0.237. The monoisotopic (exact) mass is 286 g/mol. The summed E-state index contributed by atoms with van der Waals surface area (Å²) >= 11 is 0. The number of nitrogens with zero attached hydrogens (tertiary/aromatic N) is 1. The molecular weight excluding hydrogens is 264 g/mol. The number of carboxylic acid groups (broad SMARTS) is 1. The summed E-state index contributed by atoms with van der Waals surface area (Å²) in [5, 5.41) is 11.7. The number of carbonyl (C=O) groups is 3. The van der Waals surface area contributed by atoms with Gasteiger partial charge in [0, 0.05) is 6.54 Å². The number of amides is 2. The first-order valence-electron chi connectivity index (χ1n) is 6.94. The van der Waals surface area contributed by atoms with Gasteiger partial charge in [0.25, 0.3) is 0 Å². The van der Waals surface area contributed by atoms with Crippen LogP contribution in [0.15, 0.2) is 0 Å². The third kappa shape index (κ3) is 4.40. The van der Waals surface area contributed by atoms with Gasteiger partial charge in [-0.15, -0.1) is 0 Å². The lowest BCUT2D eigenvalue weighted by Gasteiger charge is -2.28. The Morgan fingerprint density at radius 1 is 1.35 bits per heavy atom. The number of likely N-dealkylation sites (tertiary alicyclic amines) is 1. The van der Waals surface area contributed by atoms with Crippen molar-refractivity contribution in [3.63, 3.8) is 0 Å². The lowest BCUT2D eigenvalue weighted by molar-refractivity contribution is -0.144. The predicted octanol–water partition coefficient (Wildman–Crippen LogP) is 0.977. The molecule has 1 fully saturated rings. The molecule has 0 aromatic carbocycles. The van der Waals surface area contributed by atoms with Gasteiger partial charge in [-0.2, -0.15) is 0 Å². The molecule has 0 bridgehead atoms. The van der Waals surface area contributed by atoms with Gasteiger partial charge in [0.1, 0.15) is 12.1 Å². The minimum atomic E-state index is -1.01. The molecular formula is C13H22N2O5. The van der Waals surface area contributed by atoms with E-state index in [1.807, 2.05) is 0 Å². The van der Waals surface area contributed by atoms with Gasteiger partial charge in [-0.25, -0.2) is 14.4 Å². The van der Waals surface area contributed by atoms with Gasteiger partial charge in [-0.05, 0) is 26.7 Å². The molecule has 0 radical (unpaired) electrons. The van der Waals surface area contributed by atoms with E-state index in [0.717, 1.165) is 19.3 Å². The van der Waals surface area contributed by atoms with E-state index in [2.05, 4.69) is 5.32 Å². The molecule has 1 aliphatic heterocycles. The summed E-state index contributed by atoms with van der Waals surface area (Å²) < 4.78 is 4.80. The van der Waals surface area contributed by atoms with Crippen molar-refractivity contribution < 1.29 is 24.2 Å². The van der Waals surface area contributed by atoms with Crippen molar-refractivity contribution in [3.05, 3.63) is 0 Å². The normalized spacial score (nSPS) is 20.7. The first-order valence-corrected chi connectivity index (χ1v) is 6.94. The Morgan fingerprint density at radius 2 is 2.05 bits per heavy atom. The van der Waals surface area contributed by atoms with Crippen LogP contribution in [-0.4, -0.2) is 53.2 Å². The van der Waals surface area contributed by atoms with E-state index in [9.17, 15) is 19.5 Å². The van der Waals surface area contributed by atoms with Crippen LogP contribution < -0.4 is 5.32 Å². The molecule has 1 heterocycles. The van der Waals surface area contributed by atoms with Gasteiger partial charge in [-0.3, -0.25) is 0 Å². The topological polar surface area (TPSA) is 95.9 Å². The maximum Gasteiger partial charge on any atom is 0.328 e. The maximum atomic E-state index is 12.1. The summed E-state index contributed by atoms with van der Waals surface area (Å²) in [6.07, 6.45) is 2.90. The average molecular weight is 286 g/mol. The van der Waals surface area contributed by atoms with Gasteiger partial charge in [0.2, 0.25) is 0 Å². The van der Waals surface area contributed by atoms with Crippen LogP contribution in [0.4, 0.5) is 4.79 Å². The molecule has 0 spiro atoms. The summed E-state index contributed by atoms with van der Waals surface area (Å²) in [7, 11) is 0. The molecule has 1 saturated heterocycles. The first kappa shape index (κ1) is 16.3. The van der Waals surface area contributed by atoms with Crippen LogP contribution in [-0.2, 0) is 14.3 Å². The second-order valence-corrected chi connectivity index (χ2v) is 4.82. The molecule has 114 valence electrons. The van der Waals surface area contributed by atoms with Crippen LogP contribution in [0, 0.1) is 0 Å². The molecule has 0 aromatic heterocycles. The zero-order valence-electron chi connectivity index (χ0n) is 11.9. The summed E-state index contributed by atoms with van der Waals surface area (Å²) in [6, 6.07) is -2.15. The van der Waals surface area contributed by atoms with Crippen molar-refractivity contribution in [1.29, 1.82) is 0 Å². The van der Waals surface area contributed by atoms with Crippen LogP contribution in [0.5, 0.6) is 0 Å². The van der Waals surface area contributed by atoms with Crippen molar-refractivity contribution >= 4 is 18.0 Å². The molecule has 2 unspecified atom stereocenters. The zero-order chi connectivity index (χ0) is 15.1. The summed E-state index contributed by atoms with van der Waals surface area (Å²) in [5.41, 5.74) is 0. The highest BCUT2D eigenvalue weighted by Crippen LogP contribution is 2.17. The van der Waals surface area contributed by atoms with E-state index in [4.69, 9.17) is 4.74 Å². The Labute approximate surface area is 118 Å². The largest absolute Gasteiger partial charge is 0.480 e. The number of nitrogens with one attached hydrogen (secondary N) is 1. The number of carboxylic acids is 1. The fourth-order valence-electron chi connectivity index (χ4n) is 2.20. The summed E-state index contributed by atoms with van der Waals surface area (Å²) in [5.74, 6) is -1.53. The second kappa shape index (κ2) is 7.72. The molecule has 0 aromatic rings. The Bertz CT molecular complexity index is 372. The molecule has 0 aliphatic carbocycles. The standard InChI is InChI=1S/C13H22N2O5/c1-3-20-12(18)9(2)14-13(19)15-8-6-4-5-7-10(15)11(16)17/h9-10H,3-8H2,1-2H3,(H,14,19)(H,16,17). The van der Waals surface area contributed by atoms with Crippen molar-refractivity contribution in [2.24, 2.45) is 0 Å². The minimum Gasteiger partial charge on any atom is -0.480 e. The van der Waals surface area contributed by atoms with Crippen LogP contribution >= 0.6 is 0 Å². The average Bonchev–Trinajstić information content (AvgIpc) is 2.64. The van der Waals surface area contributed by atoms with Gasteiger partial charge >= 0.3 is 18.0 Å². The quantitative estimate of drug-likeness (QED) is 0.751. The number of carbonyl (C=O) groups excluding carboxylic acids is 2. The highest BCUT2D eigenvalue weighted by molar-refractivity contribution is 5.86. The van der Waals surface area contributed by atoms with Crippen LogP contribution in [0.3, 0.4) is 0 Å². The number of esters is 1. The zero-order valence-corrected chi connectivity index (χ0v) is 11.9. The third-order valence-corrected chi connectivity index (χ3v) is 3.28. The van der Waals surface area contributed by atoms with Gasteiger partial charge in [0.15, 0.2) is 0 Å². The molecule has 1 aliphatic rings. The smallest absolute Gasteiger partial charge is 0.328 e. The number of urea groups is 1. The van der Waals surface area contributed by atoms with Crippen molar-refractivity contribution in [2.45, 2.75) is 51.6 Å². The van der Waals surface area contributed by atoms with Gasteiger partial charge in [0.05, 0.1) is 6.61 Å². The fraction of sp³-hybridized carbons (Fsp3) is 0.769. The molecule has 7 heteroatoms. The molecule has 20 heavy (non-hydrogen) atoms. The Hall–Kier alpha value is -1.79. The number of aliphatic carboxylic acids is 1. The summed E-state index contributed by atoms with van der Waals surface area (Å²) in [6.45, 7) is 3.82. The summed E-state index contributed by atoms with van der Waals surface area (Å²) in [4.78, 5) is 36.1. The number of hydrogen-bond acceptors (Lipinski definition) is 4. The Kier molecular flexibility index (Phi) is 6.27. The van der Waals surface area contributed by atoms with E-state index in [1.54, 1.807) is 6.92 Å². The highest BCUT2D eigenvalue weighted by Gasteiger charge is 2.32. The predicted molar refractivity (Wildman–Crippen MR) is 71.2 cm³/mol. The maximum absolute atomic E-state index is 12.1. The molecule has 2 amide bonds. The van der Waals surface area contributed by atoms with Crippen molar-refractivity contribution in [3.8, 4) is 0 Å². The molecule has 7 nitrogen and oxygen atoms in total. The lowest BCUT2D eigenvalue weighted by Crippen LogP contribution is -2.52. The molecule has 1 rings (SSSR count). The number of hydrogen-bond donors (Lipinski definition) is 2. The first-order chi connectivity index (χ1) is 9.47. The van der Waals surface area contributed by atoms with Crippen LogP contribution in [0.25, 0.3) is 0 Å². The molecule has 0 saturated carbocycles. The van der Waals surface area contributed by atoms with E-state index in [0.29, 0.717) is 13.0 Å². The SMILES string of the molecule is CCOC(=O)C(C)NC(=O)N1CCCCCC1C(=O)O. The second-order valence-electron chi connectivity index (χ2n) is 4.82. The Balaban J connectivity index is 2.67. The fourth-order valence-corrected chi connectivity index (χ4v) is 2.20. The highest BCUT2D eigenvalue weighted by atomic mass is 16.5. The lowest BCUT2D eigenvalue weighted by atomic mass is 10.1. The number of rotatable bonds is 4. The number of ether oxygens (including phenoxy) is 1. The van der Waals surface area contributed by atoms with Gasteiger partial charge in [-0.1, -0.05) is 12.8 Å². The van der Waals surface area contributed by atoms with Crippen molar-refractivity contribution in [1.82, 2.24) is 10.2 Å². The van der Waals surface area contributed by atoms with E-state index in [-0.39, 0.29) is 6.61 Å². The van der Waals surface area contributed by atoms with Crippen LogP contribution in [0.2, 0.25) is 0 Å². The van der Waals surface area contributed by atoms with E-state index >= 15 is 0 Å². The van der Waals surface area contributed by atoms with Gasteiger partial charge < -0.3 is 20.1 Å². The molecule has 2 atom stereocenters. The van der Waals surface area contributed by atoms with E-state index < -0.39 is 30.1 Å². The Morgan fingerprint density at radius 3 is 2.65 bits per heavy atom. The van der Waals surface area contributed by atoms with E-state index in [1.165, 1.54) is 11.8 Å². The van der Waals surface area contributed by atoms with Crippen LogP contribution in [0.1, 0.15) is 39.5 Å².